The van der Waals surface area contributed by atoms with E-state index in [0.29, 0.717) is 30.4 Å². The third kappa shape index (κ3) is 3.47. The number of hydrogen-bond donors (Lipinski definition) is 1. The van der Waals surface area contributed by atoms with Crippen LogP contribution in [-0.4, -0.2) is 24.3 Å². The Morgan fingerprint density at radius 3 is 2.89 bits per heavy atom. The van der Waals surface area contributed by atoms with Gasteiger partial charge in [-0.25, -0.2) is 0 Å². The zero-order chi connectivity index (χ0) is 13.0. The van der Waals surface area contributed by atoms with Crippen LogP contribution in [0.1, 0.15) is 18.4 Å². The highest BCUT2D eigenvalue weighted by atomic mass is 35.5. The molecule has 0 saturated carbocycles. The topological polar surface area (TPSA) is 46.5 Å². The van der Waals surface area contributed by atoms with Crippen LogP contribution in [0.5, 0.6) is 0 Å². The molecule has 18 heavy (non-hydrogen) atoms. The molecule has 0 radical (unpaired) electrons. The minimum Gasteiger partial charge on any atom is -0.481 e. The molecule has 1 N–H and O–H groups in total. The van der Waals surface area contributed by atoms with Gasteiger partial charge in [-0.15, -0.1) is 0 Å². The summed E-state index contributed by atoms with van der Waals surface area (Å²) in [6.07, 6.45) is 2.12. The van der Waals surface area contributed by atoms with Crippen molar-refractivity contribution in [1.82, 2.24) is 0 Å². The van der Waals surface area contributed by atoms with Crippen molar-refractivity contribution in [2.45, 2.75) is 19.3 Å². The maximum atomic E-state index is 11.3. The Morgan fingerprint density at radius 2 is 2.28 bits per heavy atom. The first kappa shape index (κ1) is 13.4. The molecule has 4 heteroatoms. The average Bonchev–Trinajstić information content (AvgIpc) is 2.83. The van der Waals surface area contributed by atoms with Gasteiger partial charge in [0.1, 0.15) is 0 Å². The van der Waals surface area contributed by atoms with Gasteiger partial charge in [0.25, 0.3) is 0 Å². The first-order chi connectivity index (χ1) is 8.66. The molecule has 1 aromatic carbocycles. The second-order valence-corrected chi connectivity index (χ2v) is 5.20. The van der Waals surface area contributed by atoms with Gasteiger partial charge in [0.15, 0.2) is 0 Å². The highest BCUT2D eigenvalue weighted by Crippen LogP contribution is 2.26. The lowest BCUT2D eigenvalue weighted by molar-refractivity contribution is -0.142. The van der Waals surface area contributed by atoms with E-state index in [2.05, 4.69) is 0 Å². The smallest absolute Gasteiger partial charge is 0.306 e. The second-order valence-electron chi connectivity index (χ2n) is 4.80. The fraction of sp³-hybridized carbons (Fsp3) is 0.500. The number of aliphatic carboxylic acids is 1. The predicted octanol–water partition coefficient (Wildman–Crippen LogP) is 3.01. The SMILES string of the molecule is O=C(O)C(Cc1ccccc1Cl)CC1CCOC1. The average molecular weight is 269 g/mol. The summed E-state index contributed by atoms with van der Waals surface area (Å²) in [4.78, 5) is 11.3. The van der Waals surface area contributed by atoms with Gasteiger partial charge in [0.2, 0.25) is 0 Å². The van der Waals surface area contributed by atoms with E-state index in [4.69, 9.17) is 16.3 Å². The van der Waals surface area contributed by atoms with Gasteiger partial charge in [-0.05, 0) is 36.8 Å². The van der Waals surface area contributed by atoms with Gasteiger partial charge >= 0.3 is 5.97 Å². The van der Waals surface area contributed by atoms with E-state index < -0.39 is 5.97 Å². The van der Waals surface area contributed by atoms with E-state index in [1.807, 2.05) is 18.2 Å². The molecule has 98 valence electrons. The van der Waals surface area contributed by atoms with Crippen molar-refractivity contribution in [3.63, 3.8) is 0 Å². The van der Waals surface area contributed by atoms with Crippen LogP contribution in [0, 0.1) is 11.8 Å². The Bertz CT molecular complexity index is 413. The molecule has 3 nitrogen and oxygen atoms in total. The molecule has 0 bridgehead atoms. The Balaban J connectivity index is 2.02. The molecule has 2 unspecified atom stereocenters. The van der Waals surface area contributed by atoms with Gasteiger partial charge in [-0.3, -0.25) is 4.79 Å². The molecule has 1 heterocycles. The summed E-state index contributed by atoms with van der Waals surface area (Å²) in [6.45, 7) is 1.44. The normalized spacial score (nSPS) is 20.8. The summed E-state index contributed by atoms with van der Waals surface area (Å²) in [6, 6.07) is 7.43. The molecule has 0 spiro atoms. The van der Waals surface area contributed by atoms with Gasteiger partial charge < -0.3 is 9.84 Å². The van der Waals surface area contributed by atoms with E-state index in [-0.39, 0.29) is 5.92 Å². The van der Waals surface area contributed by atoms with Crippen molar-refractivity contribution in [2.24, 2.45) is 11.8 Å². The van der Waals surface area contributed by atoms with Crippen molar-refractivity contribution in [3.05, 3.63) is 34.9 Å². The van der Waals surface area contributed by atoms with Crippen molar-refractivity contribution < 1.29 is 14.6 Å². The number of halogens is 1. The summed E-state index contributed by atoms with van der Waals surface area (Å²) in [5.41, 5.74) is 0.908. The lowest BCUT2D eigenvalue weighted by Crippen LogP contribution is -2.20. The number of benzene rings is 1. The Labute approximate surface area is 112 Å². The first-order valence-electron chi connectivity index (χ1n) is 6.20. The van der Waals surface area contributed by atoms with Crippen LogP contribution in [0.4, 0.5) is 0 Å². The summed E-state index contributed by atoms with van der Waals surface area (Å²) in [7, 11) is 0. The molecular weight excluding hydrogens is 252 g/mol. The lowest BCUT2D eigenvalue weighted by Gasteiger charge is -2.16. The highest BCUT2D eigenvalue weighted by molar-refractivity contribution is 6.31. The van der Waals surface area contributed by atoms with Gasteiger partial charge in [-0.2, -0.15) is 0 Å². The van der Waals surface area contributed by atoms with Crippen LogP contribution in [0.25, 0.3) is 0 Å². The number of rotatable bonds is 5. The zero-order valence-electron chi connectivity index (χ0n) is 10.1. The summed E-state index contributed by atoms with van der Waals surface area (Å²) >= 11 is 6.07. The van der Waals surface area contributed by atoms with Crippen molar-refractivity contribution >= 4 is 17.6 Å². The summed E-state index contributed by atoms with van der Waals surface area (Å²) in [5, 5.41) is 9.95. The quantitative estimate of drug-likeness (QED) is 0.893. The molecule has 1 fully saturated rings. The predicted molar refractivity (Wildman–Crippen MR) is 69.8 cm³/mol. The van der Waals surface area contributed by atoms with Crippen molar-refractivity contribution in [3.8, 4) is 0 Å². The van der Waals surface area contributed by atoms with E-state index >= 15 is 0 Å². The van der Waals surface area contributed by atoms with Crippen LogP contribution in [0.15, 0.2) is 24.3 Å². The molecule has 2 rings (SSSR count). The molecule has 2 atom stereocenters. The fourth-order valence-corrected chi connectivity index (χ4v) is 2.59. The largest absolute Gasteiger partial charge is 0.481 e. The van der Waals surface area contributed by atoms with Crippen molar-refractivity contribution in [1.29, 1.82) is 0 Å². The molecule has 0 aliphatic carbocycles. The second kappa shape index (κ2) is 6.21. The molecule has 1 saturated heterocycles. The molecule has 0 aromatic heterocycles. The maximum absolute atomic E-state index is 11.3. The van der Waals surface area contributed by atoms with E-state index in [0.717, 1.165) is 18.6 Å². The van der Waals surface area contributed by atoms with Crippen LogP contribution in [0.3, 0.4) is 0 Å². The number of carboxylic acids is 1. The third-order valence-corrected chi connectivity index (χ3v) is 3.78. The zero-order valence-corrected chi connectivity index (χ0v) is 10.9. The minimum atomic E-state index is -0.748. The van der Waals surface area contributed by atoms with Gasteiger partial charge in [-0.1, -0.05) is 29.8 Å². The number of carbonyl (C=O) groups is 1. The van der Waals surface area contributed by atoms with Crippen LogP contribution < -0.4 is 0 Å². The Kier molecular flexibility index (Phi) is 4.61. The van der Waals surface area contributed by atoms with E-state index in [1.54, 1.807) is 6.07 Å². The third-order valence-electron chi connectivity index (χ3n) is 3.42. The van der Waals surface area contributed by atoms with Crippen LogP contribution in [-0.2, 0) is 16.0 Å². The molecule has 0 amide bonds. The van der Waals surface area contributed by atoms with Gasteiger partial charge in [0, 0.05) is 18.2 Å². The van der Waals surface area contributed by atoms with Crippen LogP contribution >= 0.6 is 11.6 Å². The highest BCUT2D eigenvalue weighted by Gasteiger charge is 2.26. The number of hydrogen-bond acceptors (Lipinski definition) is 2. The van der Waals surface area contributed by atoms with E-state index in [9.17, 15) is 9.90 Å². The number of ether oxygens (including phenoxy) is 1. The minimum absolute atomic E-state index is 0.369. The Hall–Kier alpha value is -1.06. The molecule has 1 aromatic rings. The van der Waals surface area contributed by atoms with Crippen molar-refractivity contribution in [2.75, 3.05) is 13.2 Å². The Morgan fingerprint density at radius 1 is 1.50 bits per heavy atom. The monoisotopic (exact) mass is 268 g/mol. The molecule has 1 aliphatic heterocycles. The molecular formula is C14H17ClO3. The summed E-state index contributed by atoms with van der Waals surface area (Å²) < 4.78 is 5.29. The first-order valence-corrected chi connectivity index (χ1v) is 6.58. The standard InChI is InChI=1S/C14H17ClO3/c15-13-4-2-1-3-11(13)8-12(14(16)17)7-10-5-6-18-9-10/h1-4,10,12H,5-9H2,(H,16,17). The van der Waals surface area contributed by atoms with E-state index in [1.165, 1.54) is 0 Å². The lowest BCUT2D eigenvalue weighted by atomic mass is 9.89. The van der Waals surface area contributed by atoms with Crippen LogP contribution in [0.2, 0.25) is 5.02 Å². The van der Waals surface area contributed by atoms with Gasteiger partial charge in [0.05, 0.1) is 5.92 Å². The number of carboxylic acid groups (broad SMARTS) is 1. The fourth-order valence-electron chi connectivity index (χ4n) is 2.37. The summed E-state index contributed by atoms with van der Waals surface area (Å²) in [5.74, 6) is -0.757. The molecule has 1 aliphatic rings. The maximum Gasteiger partial charge on any atom is 0.306 e.